The van der Waals surface area contributed by atoms with E-state index in [1.54, 1.807) is 0 Å². The molecule has 1 aliphatic rings. The van der Waals surface area contributed by atoms with Gasteiger partial charge in [-0.05, 0) is 36.3 Å². The fourth-order valence-electron chi connectivity index (χ4n) is 3.58. The first kappa shape index (κ1) is 16.3. The molecule has 21 heavy (non-hydrogen) atoms. The van der Waals surface area contributed by atoms with Gasteiger partial charge in [-0.3, -0.25) is 4.79 Å². The minimum absolute atomic E-state index is 0.170. The van der Waals surface area contributed by atoms with Crippen LogP contribution in [0.3, 0.4) is 0 Å². The number of rotatable bonds is 7. The van der Waals surface area contributed by atoms with Crippen LogP contribution in [0.15, 0.2) is 24.3 Å². The van der Waals surface area contributed by atoms with Gasteiger partial charge in [0.15, 0.2) is 0 Å². The highest BCUT2D eigenvalue weighted by atomic mass is 16.1. The molecule has 0 aliphatic heterocycles. The molecule has 1 fully saturated rings. The molecule has 2 unspecified atom stereocenters. The van der Waals surface area contributed by atoms with Gasteiger partial charge in [-0.25, -0.2) is 0 Å². The van der Waals surface area contributed by atoms with Crippen molar-refractivity contribution in [2.24, 2.45) is 5.92 Å². The third-order valence-electron chi connectivity index (χ3n) is 4.88. The van der Waals surface area contributed by atoms with Crippen molar-refractivity contribution in [3.05, 3.63) is 35.4 Å². The van der Waals surface area contributed by atoms with E-state index in [9.17, 15) is 4.79 Å². The molecule has 1 nitrogen and oxygen atoms in total. The van der Waals surface area contributed by atoms with Crippen molar-refractivity contribution in [1.82, 2.24) is 0 Å². The van der Waals surface area contributed by atoms with E-state index in [-0.39, 0.29) is 5.92 Å². The van der Waals surface area contributed by atoms with Crippen LogP contribution >= 0.6 is 0 Å². The average Bonchev–Trinajstić information content (AvgIpc) is 2.49. The Labute approximate surface area is 130 Å². The summed E-state index contributed by atoms with van der Waals surface area (Å²) in [6.45, 7) is 4.45. The smallest absolute Gasteiger partial charge is 0.140 e. The Morgan fingerprint density at radius 2 is 1.76 bits per heavy atom. The zero-order chi connectivity index (χ0) is 15.1. The lowest BCUT2D eigenvalue weighted by molar-refractivity contribution is -0.123. The van der Waals surface area contributed by atoms with Crippen LogP contribution in [-0.2, 0) is 11.2 Å². The number of ketones is 1. The molecule has 1 aliphatic carbocycles. The molecular weight excluding hydrogens is 256 g/mol. The van der Waals surface area contributed by atoms with Gasteiger partial charge in [-0.2, -0.15) is 0 Å². The Balaban J connectivity index is 1.89. The lowest BCUT2D eigenvalue weighted by Gasteiger charge is -2.27. The molecular formula is C20H30O. The highest BCUT2D eigenvalue weighted by Crippen LogP contribution is 2.35. The summed E-state index contributed by atoms with van der Waals surface area (Å²) >= 11 is 0. The van der Waals surface area contributed by atoms with Crippen molar-refractivity contribution in [3.63, 3.8) is 0 Å². The average molecular weight is 286 g/mol. The van der Waals surface area contributed by atoms with E-state index >= 15 is 0 Å². The largest absolute Gasteiger partial charge is 0.299 e. The van der Waals surface area contributed by atoms with Crippen molar-refractivity contribution in [2.75, 3.05) is 0 Å². The molecule has 0 N–H and O–H groups in total. The maximum atomic E-state index is 12.4. The summed E-state index contributed by atoms with van der Waals surface area (Å²) in [6, 6.07) is 8.79. The number of carbonyl (C=O) groups is 1. The quantitative estimate of drug-likeness (QED) is 0.590. The predicted molar refractivity (Wildman–Crippen MR) is 89.7 cm³/mol. The van der Waals surface area contributed by atoms with Gasteiger partial charge in [0.1, 0.15) is 5.78 Å². The van der Waals surface area contributed by atoms with Crippen molar-refractivity contribution in [1.29, 1.82) is 0 Å². The normalized spacial score (nSPS) is 22.5. The number of hydrogen-bond acceptors (Lipinski definition) is 1. The minimum Gasteiger partial charge on any atom is -0.299 e. The van der Waals surface area contributed by atoms with E-state index in [0.717, 1.165) is 19.3 Å². The molecule has 1 aromatic rings. The van der Waals surface area contributed by atoms with Crippen molar-refractivity contribution in [3.8, 4) is 0 Å². The Kier molecular flexibility index (Phi) is 6.48. The van der Waals surface area contributed by atoms with E-state index in [1.807, 2.05) is 0 Å². The molecule has 0 aromatic heterocycles. The molecule has 0 amide bonds. The van der Waals surface area contributed by atoms with Crippen LogP contribution in [0.2, 0.25) is 0 Å². The molecule has 1 aromatic carbocycles. The van der Waals surface area contributed by atoms with E-state index in [1.165, 1.54) is 49.7 Å². The molecule has 0 spiro atoms. The summed E-state index contributed by atoms with van der Waals surface area (Å²) in [5.41, 5.74) is 2.63. The van der Waals surface area contributed by atoms with Crippen molar-refractivity contribution < 1.29 is 4.79 Å². The Morgan fingerprint density at radius 1 is 1.00 bits per heavy atom. The van der Waals surface area contributed by atoms with Gasteiger partial charge in [0, 0.05) is 12.3 Å². The Morgan fingerprint density at radius 3 is 2.38 bits per heavy atom. The van der Waals surface area contributed by atoms with E-state index in [0.29, 0.717) is 11.7 Å². The summed E-state index contributed by atoms with van der Waals surface area (Å²) in [6.07, 6.45) is 10.6. The van der Waals surface area contributed by atoms with Gasteiger partial charge < -0.3 is 0 Å². The molecule has 0 saturated heterocycles. The number of unbranched alkanes of at least 4 members (excludes halogenated alkanes) is 2. The van der Waals surface area contributed by atoms with Crippen LogP contribution in [0.25, 0.3) is 0 Å². The number of benzene rings is 1. The number of hydrogen-bond donors (Lipinski definition) is 0. The molecule has 2 rings (SSSR count). The van der Waals surface area contributed by atoms with Crippen LogP contribution in [0.5, 0.6) is 0 Å². The SMILES string of the molecule is CCCCCC1CCC(c2ccc(CCC)cc2)C(=O)C1. The summed E-state index contributed by atoms with van der Waals surface area (Å²) < 4.78 is 0. The second-order valence-electron chi connectivity index (χ2n) is 6.65. The minimum atomic E-state index is 0.170. The van der Waals surface area contributed by atoms with Gasteiger partial charge in [-0.1, -0.05) is 70.2 Å². The fraction of sp³-hybridized carbons (Fsp3) is 0.650. The monoisotopic (exact) mass is 286 g/mol. The van der Waals surface area contributed by atoms with Gasteiger partial charge in [0.25, 0.3) is 0 Å². The van der Waals surface area contributed by atoms with E-state index < -0.39 is 0 Å². The summed E-state index contributed by atoms with van der Waals surface area (Å²) in [5, 5.41) is 0. The molecule has 116 valence electrons. The van der Waals surface area contributed by atoms with Crippen molar-refractivity contribution in [2.45, 2.75) is 77.6 Å². The number of aryl methyl sites for hydroxylation is 1. The Bertz CT molecular complexity index is 432. The Hall–Kier alpha value is -1.11. The fourth-order valence-corrected chi connectivity index (χ4v) is 3.58. The molecule has 0 radical (unpaired) electrons. The van der Waals surface area contributed by atoms with Gasteiger partial charge in [0.2, 0.25) is 0 Å². The summed E-state index contributed by atoms with van der Waals surface area (Å²) in [4.78, 5) is 12.4. The molecule has 1 saturated carbocycles. The third-order valence-corrected chi connectivity index (χ3v) is 4.88. The third kappa shape index (κ3) is 4.69. The van der Waals surface area contributed by atoms with E-state index in [4.69, 9.17) is 0 Å². The standard InChI is InChI=1S/C20H30O/c1-3-5-6-8-17-11-14-19(20(21)15-17)18-12-9-16(7-4-2)10-13-18/h9-10,12-13,17,19H,3-8,11,14-15H2,1-2H3. The second-order valence-corrected chi connectivity index (χ2v) is 6.65. The maximum absolute atomic E-state index is 12.4. The highest BCUT2D eigenvalue weighted by molar-refractivity contribution is 5.86. The van der Waals surface area contributed by atoms with Gasteiger partial charge in [-0.15, -0.1) is 0 Å². The van der Waals surface area contributed by atoms with E-state index in [2.05, 4.69) is 38.1 Å². The lowest BCUT2D eigenvalue weighted by Crippen LogP contribution is -2.23. The first-order valence-electron chi connectivity index (χ1n) is 8.86. The van der Waals surface area contributed by atoms with Crippen LogP contribution < -0.4 is 0 Å². The van der Waals surface area contributed by atoms with Gasteiger partial charge >= 0.3 is 0 Å². The highest BCUT2D eigenvalue weighted by Gasteiger charge is 2.29. The lowest BCUT2D eigenvalue weighted by atomic mass is 9.76. The second kappa shape index (κ2) is 8.36. The summed E-state index contributed by atoms with van der Waals surface area (Å²) in [5.74, 6) is 1.30. The number of carbonyl (C=O) groups excluding carboxylic acids is 1. The van der Waals surface area contributed by atoms with Gasteiger partial charge in [0.05, 0.1) is 0 Å². The van der Waals surface area contributed by atoms with Crippen LogP contribution in [-0.4, -0.2) is 5.78 Å². The summed E-state index contributed by atoms with van der Waals surface area (Å²) in [7, 11) is 0. The van der Waals surface area contributed by atoms with Crippen LogP contribution in [0, 0.1) is 5.92 Å². The molecule has 0 bridgehead atoms. The molecule has 0 heterocycles. The topological polar surface area (TPSA) is 17.1 Å². The first-order chi connectivity index (χ1) is 10.2. The zero-order valence-corrected chi connectivity index (χ0v) is 13.7. The first-order valence-corrected chi connectivity index (χ1v) is 8.86. The van der Waals surface area contributed by atoms with Crippen molar-refractivity contribution >= 4 is 5.78 Å². The van der Waals surface area contributed by atoms with Crippen LogP contribution in [0.4, 0.5) is 0 Å². The zero-order valence-electron chi connectivity index (χ0n) is 13.7. The van der Waals surface area contributed by atoms with Crippen LogP contribution in [0.1, 0.15) is 82.3 Å². The number of Topliss-reactive ketones (excluding diaryl/α,β-unsaturated/α-hetero) is 1. The predicted octanol–water partition coefficient (Wildman–Crippen LogP) is 5.67. The molecule has 1 heteroatoms. The maximum Gasteiger partial charge on any atom is 0.140 e. The molecule has 2 atom stereocenters.